The van der Waals surface area contributed by atoms with Gasteiger partial charge in [-0.1, -0.05) is 12.2 Å². The van der Waals surface area contributed by atoms with Crippen LogP contribution in [0.1, 0.15) is 58.3 Å². The Kier molecular flexibility index (Phi) is 9.45. The largest absolute Gasteiger partial charge is 0.495 e. The van der Waals surface area contributed by atoms with Gasteiger partial charge in [-0.05, 0) is 86.4 Å². The predicted octanol–water partition coefficient (Wildman–Crippen LogP) is 3.86. The number of halogens is 1. The molecule has 0 spiro atoms. The van der Waals surface area contributed by atoms with Gasteiger partial charge in [0.2, 0.25) is 27.7 Å². The topological polar surface area (TPSA) is 153 Å². The zero-order valence-electron chi connectivity index (χ0n) is 26.8. The van der Waals surface area contributed by atoms with E-state index in [1.54, 1.807) is 31.2 Å². The van der Waals surface area contributed by atoms with Crippen LogP contribution in [0.25, 0.3) is 10.9 Å². The Morgan fingerprint density at radius 3 is 2.66 bits per heavy atom. The molecule has 1 aliphatic heterocycles. The van der Waals surface area contributed by atoms with Gasteiger partial charge in [-0.3, -0.25) is 19.1 Å². The summed E-state index contributed by atoms with van der Waals surface area (Å²) in [6.07, 6.45) is 7.55. The quantitative estimate of drug-likeness (QED) is 0.386. The molecular weight excluding hydrogens is 692 g/mol. The first kappa shape index (κ1) is 33.5. The summed E-state index contributed by atoms with van der Waals surface area (Å²) in [6, 6.07) is 5.35. The number of carbonyl (C=O) groups excluding carboxylic acids is 3. The highest BCUT2D eigenvalue weighted by Crippen LogP contribution is 2.47. The first-order valence-corrected chi connectivity index (χ1v) is 18.6. The second kappa shape index (κ2) is 13.3. The second-order valence-electron chi connectivity index (χ2n) is 12.9. The number of fused-ring (bicyclic) bond motifs is 3. The summed E-state index contributed by atoms with van der Waals surface area (Å²) < 4.78 is 46.0. The lowest BCUT2D eigenvalue weighted by molar-refractivity contribution is -0.140. The molecule has 0 unspecified atom stereocenters. The maximum absolute atomic E-state index is 14.1. The van der Waals surface area contributed by atoms with Crippen molar-refractivity contribution in [1.82, 2.24) is 19.9 Å². The summed E-state index contributed by atoms with van der Waals surface area (Å²) in [5.41, 5.74) is -0.811. The molecule has 47 heavy (non-hydrogen) atoms. The summed E-state index contributed by atoms with van der Waals surface area (Å²) in [6.45, 7) is 2.80. The second-order valence-corrected chi connectivity index (χ2v) is 15.7. The smallest absolute Gasteiger partial charge is 0.259 e. The highest BCUT2D eigenvalue weighted by Gasteiger charge is 2.62. The van der Waals surface area contributed by atoms with Gasteiger partial charge in [0, 0.05) is 31.0 Å². The van der Waals surface area contributed by atoms with Crippen LogP contribution >= 0.6 is 15.9 Å². The Morgan fingerprint density at radius 1 is 1.17 bits per heavy atom. The zero-order valence-corrected chi connectivity index (χ0v) is 29.2. The van der Waals surface area contributed by atoms with E-state index in [-0.39, 0.29) is 31.1 Å². The van der Waals surface area contributed by atoms with Crippen LogP contribution in [0.4, 0.5) is 0 Å². The van der Waals surface area contributed by atoms with Crippen molar-refractivity contribution < 1.29 is 37.0 Å². The summed E-state index contributed by atoms with van der Waals surface area (Å²) in [4.78, 5) is 47.8. The average Bonchev–Trinajstić information content (AvgIpc) is 3.96. The highest BCUT2D eigenvalue weighted by molar-refractivity contribution is 9.10. The van der Waals surface area contributed by atoms with E-state index in [1.165, 1.54) is 0 Å². The van der Waals surface area contributed by atoms with E-state index in [4.69, 9.17) is 14.2 Å². The van der Waals surface area contributed by atoms with Crippen molar-refractivity contribution in [3.8, 4) is 17.4 Å². The third-order valence-corrected chi connectivity index (χ3v) is 12.2. The van der Waals surface area contributed by atoms with Crippen molar-refractivity contribution in [3.63, 3.8) is 0 Å². The minimum Gasteiger partial charge on any atom is -0.495 e. The maximum Gasteiger partial charge on any atom is 0.259 e. The van der Waals surface area contributed by atoms with Crippen LogP contribution < -0.4 is 24.2 Å². The van der Waals surface area contributed by atoms with E-state index >= 15 is 0 Å². The lowest BCUT2D eigenvalue weighted by atomic mass is 9.93. The molecule has 2 N–H and O–H groups in total. The zero-order chi connectivity index (χ0) is 33.5. The molecule has 5 atom stereocenters. The number of amides is 3. The summed E-state index contributed by atoms with van der Waals surface area (Å²) in [5, 5.41) is 3.05. The van der Waals surface area contributed by atoms with Gasteiger partial charge >= 0.3 is 0 Å². The van der Waals surface area contributed by atoms with Crippen LogP contribution in [0.3, 0.4) is 0 Å². The molecule has 2 aromatic rings. The molecule has 14 heteroatoms. The molecule has 3 aliphatic carbocycles. The van der Waals surface area contributed by atoms with Crippen molar-refractivity contribution in [2.75, 3.05) is 27.3 Å². The van der Waals surface area contributed by atoms with Crippen molar-refractivity contribution in [2.24, 2.45) is 17.8 Å². The molecule has 1 aromatic carbocycles. The number of aromatic nitrogens is 1. The molecule has 0 saturated heterocycles. The Hall–Kier alpha value is -3.39. The number of carbonyl (C=O) groups is 3. The standard InChI is InChI=1S/C33H41BrN4O8S/c1-4-45-27-17-26(22-12-13-25(44-3)28(34)29(22)35-27)46-20-15-23-24(16-20)31(40)38(2)14-8-6-5-7-9-19-18-33(19,36-30(23)39)32(41)37-47(42,43)21-10-11-21/h7,9,12-13,17,19-21,23-24H,4-6,8,10-11,14-16,18H2,1-3H3,(H,36,39)(H,37,41)/b9-7-/t19-,20-,23-,24-,33+/m1/s1. The monoisotopic (exact) mass is 732 g/mol. The third kappa shape index (κ3) is 6.81. The molecule has 12 nitrogen and oxygen atoms in total. The number of sulfonamides is 1. The molecule has 4 aliphatic rings. The molecule has 6 rings (SSSR count). The highest BCUT2D eigenvalue weighted by atomic mass is 79.9. The molecule has 2 heterocycles. The van der Waals surface area contributed by atoms with E-state index in [9.17, 15) is 22.8 Å². The molecule has 3 saturated carbocycles. The van der Waals surface area contributed by atoms with Crippen molar-refractivity contribution >= 4 is 54.6 Å². The fraction of sp³-hybridized carbons (Fsp3) is 0.576. The van der Waals surface area contributed by atoms with E-state index in [0.29, 0.717) is 58.7 Å². The first-order chi connectivity index (χ1) is 22.5. The van der Waals surface area contributed by atoms with Gasteiger partial charge in [0.05, 0.1) is 40.8 Å². The van der Waals surface area contributed by atoms with Crippen LogP contribution in [-0.4, -0.2) is 80.2 Å². The van der Waals surface area contributed by atoms with Crippen molar-refractivity contribution in [2.45, 2.75) is 75.2 Å². The molecule has 0 radical (unpaired) electrons. The minimum absolute atomic E-state index is 0.159. The van der Waals surface area contributed by atoms with Gasteiger partial charge in [0.25, 0.3) is 5.91 Å². The lowest BCUT2D eigenvalue weighted by Gasteiger charge is -2.26. The van der Waals surface area contributed by atoms with Crippen LogP contribution in [-0.2, 0) is 24.4 Å². The Morgan fingerprint density at radius 2 is 1.94 bits per heavy atom. The number of hydrogen-bond donors (Lipinski definition) is 2. The molecular formula is C33H41BrN4O8S. The van der Waals surface area contributed by atoms with Crippen LogP contribution in [0, 0.1) is 17.8 Å². The summed E-state index contributed by atoms with van der Waals surface area (Å²) >= 11 is 3.58. The Bertz CT molecular complexity index is 1710. The number of pyridine rings is 1. The number of hydrogen-bond acceptors (Lipinski definition) is 9. The van der Waals surface area contributed by atoms with Crippen LogP contribution in [0.15, 0.2) is 34.8 Å². The van der Waals surface area contributed by atoms with Gasteiger partial charge in [-0.25, -0.2) is 13.4 Å². The van der Waals surface area contributed by atoms with E-state index in [1.807, 2.05) is 25.1 Å². The van der Waals surface area contributed by atoms with E-state index < -0.39 is 50.6 Å². The molecule has 3 amide bonds. The number of rotatable bonds is 8. The van der Waals surface area contributed by atoms with E-state index in [0.717, 1.165) is 19.3 Å². The van der Waals surface area contributed by atoms with Crippen molar-refractivity contribution in [3.05, 3.63) is 34.8 Å². The number of ether oxygens (including phenoxy) is 3. The van der Waals surface area contributed by atoms with Gasteiger partial charge < -0.3 is 24.4 Å². The minimum atomic E-state index is -3.82. The SMILES string of the molecule is CCOc1cc(O[C@@H]2C[C@H]3C(=O)N[C@@]4(C(=O)NS(=O)(=O)C5CC5)C[C@H]4/C=C\CCCCN(C)C(=O)[C@@H]3C2)c2ccc(OC)c(Br)c2n1. The molecule has 254 valence electrons. The number of allylic oxidation sites excluding steroid dienone is 1. The maximum atomic E-state index is 14.1. The Labute approximate surface area is 283 Å². The number of nitrogens with one attached hydrogen (secondary N) is 2. The lowest BCUT2D eigenvalue weighted by Crippen LogP contribution is -2.54. The normalized spacial score (nSPS) is 28.8. The van der Waals surface area contributed by atoms with Gasteiger partial charge in [-0.2, -0.15) is 0 Å². The average molecular weight is 734 g/mol. The summed E-state index contributed by atoms with van der Waals surface area (Å²) in [5.74, 6) is -1.73. The number of nitrogens with zero attached hydrogens (tertiary/aromatic N) is 2. The van der Waals surface area contributed by atoms with Crippen molar-refractivity contribution in [1.29, 1.82) is 0 Å². The number of benzene rings is 1. The van der Waals surface area contributed by atoms with Crippen LogP contribution in [0.2, 0.25) is 0 Å². The fourth-order valence-corrected chi connectivity index (χ4v) is 8.69. The number of methoxy groups -OCH3 is 1. The summed E-state index contributed by atoms with van der Waals surface area (Å²) in [7, 11) is -0.503. The molecule has 0 bridgehead atoms. The molecule has 3 fully saturated rings. The van der Waals surface area contributed by atoms with Gasteiger partial charge in [0.1, 0.15) is 23.1 Å². The third-order valence-electron chi connectivity index (χ3n) is 9.63. The Balaban J connectivity index is 1.30. The first-order valence-electron chi connectivity index (χ1n) is 16.2. The molecule has 1 aromatic heterocycles. The van der Waals surface area contributed by atoms with E-state index in [2.05, 4.69) is 31.0 Å². The van der Waals surface area contributed by atoms with Gasteiger partial charge in [0.15, 0.2) is 0 Å². The van der Waals surface area contributed by atoms with Crippen LogP contribution in [0.5, 0.6) is 17.4 Å². The predicted molar refractivity (Wildman–Crippen MR) is 177 cm³/mol. The van der Waals surface area contributed by atoms with Gasteiger partial charge in [-0.15, -0.1) is 0 Å². The fourth-order valence-electron chi connectivity index (χ4n) is 6.73.